The molecule has 2 heterocycles. The molecule has 1 fully saturated rings. The SMILES string of the molecule is Oc1ccccc1N1CCN(c2nc(C(F)(F)F)cs2)CC1. The first-order valence-electron chi connectivity index (χ1n) is 6.76. The predicted octanol–water partition coefficient (Wildman–Crippen LogP) is 3.19. The number of anilines is 2. The van der Waals surface area contributed by atoms with Crippen molar-refractivity contribution in [3.8, 4) is 5.75 Å². The number of aromatic nitrogens is 1. The lowest BCUT2D eigenvalue weighted by atomic mass is 10.2. The zero-order chi connectivity index (χ0) is 15.7. The van der Waals surface area contributed by atoms with E-state index in [0.717, 1.165) is 22.4 Å². The van der Waals surface area contributed by atoms with Gasteiger partial charge in [0.05, 0.1) is 5.69 Å². The Kier molecular flexibility index (Phi) is 3.86. The number of phenolic OH excluding ortho intramolecular Hbond substituents is 1. The highest BCUT2D eigenvalue weighted by molar-refractivity contribution is 7.13. The van der Waals surface area contributed by atoms with E-state index in [4.69, 9.17) is 0 Å². The lowest BCUT2D eigenvalue weighted by Crippen LogP contribution is -2.46. The number of para-hydroxylation sites is 2. The van der Waals surface area contributed by atoms with Gasteiger partial charge in [0.25, 0.3) is 0 Å². The highest BCUT2D eigenvalue weighted by Gasteiger charge is 2.34. The first-order chi connectivity index (χ1) is 10.4. The molecule has 0 unspecified atom stereocenters. The van der Waals surface area contributed by atoms with E-state index in [1.165, 1.54) is 0 Å². The van der Waals surface area contributed by atoms with Crippen molar-refractivity contribution in [3.63, 3.8) is 0 Å². The van der Waals surface area contributed by atoms with Crippen LogP contribution >= 0.6 is 11.3 Å². The third kappa shape index (κ3) is 2.96. The van der Waals surface area contributed by atoms with Crippen LogP contribution in [-0.2, 0) is 6.18 Å². The molecule has 1 aliphatic heterocycles. The van der Waals surface area contributed by atoms with Crippen molar-refractivity contribution < 1.29 is 18.3 Å². The number of phenols is 1. The van der Waals surface area contributed by atoms with E-state index in [-0.39, 0.29) is 5.75 Å². The molecule has 1 aromatic heterocycles. The van der Waals surface area contributed by atoms with Crippen LogP contribution in [-0.4, -0.2) is 36.3 Å². The summed E-state index contributed by atoms with van der Waals surface area (Å²) >= 11 is 1.01. The van der Waals surface area contributed by atoms with Crippen LogP contribution in [0.5, 0.6) is 5.75 Å². The van der Waals surface area contributed by atoms with Crippen LogP contribution < -0.4 is 9.80 Å². The number of thiazole rings is 1. The molecule has 0 amide bonds. The summed E-state index contributed by atoms with van der Waals surface area (Å²) in [4.78, 5) is 7.53. The molecule has 0 spiro atoms. The topological polar surface area (TPSA) is 39.6 Å². The zero-order valence-corrected chi connectivity index (χ0v) is 12.4. The Bertz CT molecular complexity index is 651. The Morgan fingerprint density at radius 1 is 1.05 bits per heavy atom. The first-order valence-corrected chi connectivity index (χ1v) is 7.64. The van der Waals surface area contributed by atoms with E-state index in [0.29, 0.717) is 31.3 Å². The summed E-state index contributed by atoms with van der Waals surface area (Å²) in [5.74, 6) is 0.213. The van der Waals surface area contributed by atoms with Crippen LogP contribution in [0.1, 0.15) is 5.69 Å². The van der Waals surface area contributed by atoms with Crippen molar-refractivity contribution in [2.24, 2.45) is 0 Å². The monoisotopic (exact) mass is 329 g/mol. The van der Waals surface area contributed by atoms with Crippen molar-refractivity contribution in [1.29, 1.82) is 0 Å². The lowest BCUT2D eigenvalue weighted by Gasteiger charge is -2.36. The molecule has 22 heavy (non-hydrogen) atoms. The second-order valence-corrected chi connectivity index (χ2v) is 5.81. The van der Waals surface area contributed by atoms with Crippen LogP contribution in [0.25, 0.3) is 0 Å². The maximum Gasteiger partial charge on any atom is 0.434 e. The van der Waals surface area contributed by atoms with Crippen LogP contribution in [0.4, 0.5) is 24.0 Å². The van der Waals surface area contributed by atoms with Gasteiger partial charge in [-0.05, 0) is 12.1 Å². The van der Waals surface area contributed by atoms with Gasteiger partial charge in [-0.15, -0.1) is 11.3 Å². The molecule has 118 valence electrons. The minimum atomic E-state index is -4.40. The van der Waals surface area contributed by atoms with Gasteiger partial charge >= 0.3 is 6.18 Å². The number of piperazine rings is 1. The van der Waals surface area contributed by atoms with E-state index in [2.05, 4.69) is 4.98 Å². The molecule has 1 N–H and O–H groups in total. The van der Waals surface area contributed by atoms with Crippen LogP contribution in [0.2, 0.25) is 0 Å². The van der Waals surface area contributed by atoms with E-state index in [1.807, 2.05) is 21.9 Å². The van der Waals surface area contributed by atoms with Gasteiger partial charge in [-0.25, -0.2) is 4.98 Å². The Labute approximate surface area is 129 Å². The number of hydrogen-bond acceptors (Lipinski definition) is 5. The standard InChI is InChI=1S/C14H14F3N3OS/c15-14(16,17)12-9-22-13(18-12)20-7-5-19(6-8-20)10-3-1-2-4-11(10)21/h1-4,9,21H,5-8H2. The Hall–Kier alpha value is -1.96. The molecular weight excluding hydrogens is 315 g/mol. The molecule has 0 radical (unpaired) electrons. The second-order valence-electron chi connectivity index (χ2n) is 4.98. The molecule has 3 rings (SSSR count). The summed E-state index contributed by atoms with van der Waals surface area (Å²) < 4.78 is 37.8. The van der Waals surface area contributed by atoms with E-state index < -0.39 is 11.9 Å². The summed E-state index contributed by atoms with van der Waals surface area (Å²) in [7, 11) is 0. The predicted molar refractivity (Wildman–Crippen MR) is 79.6 cm³/mol. The first kappa shape index (κ1) is 15.0. The molecule has 1 aromatic carbocycles. The third-order valence-electron chi connectivity index (χ3n) is 3.56. The maximum atomic E-state index is 12.6. The Morgan fingerprint density at radius 3 is 2.27 bits per heavy atom. The molecule has 4 nitrogen and oxygen atoms in total. The van der Waals surface area contributed by atoms with Gasteiger partial charge in [-0.2, -0.15) is 13.2 Å². The van der Waals surface area contributed by atoms with Crippen molar-refractivity contribution in [1.82, 2.24) is 4.98 Å². The maximum absolute atomic E-state index is 12.6. The van der Waals surface area contributed by atoms with Crippen molar-refractivity contribution >= 4 is 22.2 Å². The minimum absolute atomic E-state index is 0.213. The Balaban J connectivity index is 1.67. The van der Waals surface area contributed by atoms with Gasteiger partial charge in [-0.3, -0.25) is 0 Å². The van der Waals surface area contributed by atoms with Gasteiger partial charge in [0, 0.05) is 31.6 Å². The summed E-state index contributed by atoms with van der Waals surface area (Å²) in [6.45, 7) is 2.38. The summed E-state index contributed by atoms with van der Waals surface area (Å²) in [5.41, 5.74) is -0.0899. The number of aromatic hydroxyl groups is 1. The number of rotatable bonds is 2. The van der Waals surface area contributed by atoms with Gasteiger partial charge < -0.3 is 14.9 Å². The van der Waals surface area contributed by atoms with Gasteiger partial charge in [0.1, 0.15) is 5.75 Å². The van der Waals surface area contributed by atoms with Crippen molar-refractivity contribution in [2.45, 2.75) is 6.18 Å². The molecular formula is C14H14F3N3OS. The summed E-state index contributed by atoms with van der Waals surface area (Å²) in [6, 6.07) is 7.05. The van der Waals surface area contributed by atoms with Crippen LogP contribution in [0.15, 0.2) is 29.6 Å². The van der Waals surface area contributed by atoms with Crippen molar-refractivity contribution in [2.75, 3.05) is 36.0 Å². The smallest absolute Gasteiger partial charge is 0.434 e. The van der Waals surface area contributed by atoms with Crippen molar-refractivity contribution in [3.05, 3.63) is 35.3 Å². The molecule has 8 heteroatoms. The second kappa shape index (κ2) is 5.68. The normalized spacial score (nSPS) is 16.1. The molecule has 1 saturated heterocycles. The average Bonchev–Trinajstić information content (AvgIpc) is 2.98. The molecule has 1 aliphatic rings. The number of nitrogens with zero attached hydrogens (tertiary/aromatic N) is 3. The fourth-order valence-electron chi connectivity index (χ4n) is 2.41. The van der Waals surface area contributed by atoms with E-state index in [1.54, 1.807) is 12.1 Å². The molecule has 2 aromatic rings. The Morgan fingerprint density at radius 2 is 1.68 bits per heavy atom. The van der Waals surface area contributed by atoms with E-state index >= 15 is 0 Å². The zero-order valence-electron chi connectivity index (χ0n) is 11.5. The number of hydrogen-bond donors (Lipinski definition) is 1. The summed E-state index contributed by atoms with van der Waals surface area (Å²) in [5, 5.41) is 11.3. The fraction of sp³-hybridized carbons (Fsp3) is 0.357. The largest absolute Gasteiger partial charge is 0.506 e. The number of alkyl halides is 3. The molecule has 0 aliphatic carbocycles. The van der Waals surface area contributed by atoms with Gasteiger partial charge in [0.2, 0.25) is 0 Å². The molecule has 0 atom stereocenters. The van der Waals surface area contributed by atoms with Crippen LogP contribution in [0, 0.1) is 0 Å². The minimum Gasteiger partial charge on any atom is -0.506 e. The van der Waals surface area contributed by atoms with Gasteiger partial charge in [-0.1, -0.05) is 12.1 Å². The molecule has 0 saturated carbocycles. The number of halogens is 3. The molecule has 0 bridgehead atoms. The quantitative estimate of drug-likeness (QED) is 0.918. The van der Waals surface area contributed by atoms with Crippen LogP contribution in [0.3, 0.4) is 0 Å². The average molecular weight is 329 g/mol. The highest BCUT2D eigenvalue weighted by Crippen LogP contribution is 2.34. The highest BCUT2D eigenvalue weighted by atomic mass is 32.1. The summed E-state index contributed by atoms with van der Waals surface area (Å²) in [6.07, 6.45) is -4.40. The van der Waals surface area contributed by atoms with E-state index in [9.17, 15) is 18.3 Å². The van der Waals surface area contributed by atoms with Gasteiger partial charge in [0.15, 0.2) is 10.8 Å². The number of benzene rings is 1. The fourth-order valence-corrected chi connectivity index (χ4v) is 3.30. The third-order valence-corrected chi connectivity index (χ3v) is 4.46. The lowest BCUT2D eigenvalue weighted by molar-refractivity contribution is -0.140.